The first kappa shape index (κ1) is 27.5. The van der Waals surface area contributed by atoms with E-state index in [9.17, 15) is 28.0 Å². The summed E-state index contributed by atoms with van der Waals surface area (Å²) in [6, 6.07) is 17.4. The molecule has 2 aliphatic heterocycles. The summed E-state index contributed by atoms with van der Waals surface area (Å²) in [6.07, 6.45) is -0.869. The lowest BCUT2D eigenvalue weighted by Gasteiger charge is -2.31. The zero-order valence-corrected chi connectivity index (χ0v) is 21.9. The summed E-state index contributed by atoms with van der Waals surface area (Å²) in [5.41, 5.74) is 0.762. The molecule has 0 aliphatic carbocycles. The maximum atomic E-state index is 14.1. The standard InChI is InChI=1S/C30H25F2N5O4/c1-33-25-16-30(20-10-6-7-11-23(20)35-29(30)41)17-37(25)27(39)24(14-18-8-4-3-5-9-18)36(2)28(40)26(38)34-19-12-13-21(31)22(32)15-19/h3-13,15,24-25H,14,16-17H2,2H3,(H,34,38)(H,35,41)/t24-,25-,30-/m0/s1. The molecule has 0 radical (unpaired) electrons. The molecule has 3 aromatic carbocycles. The average molecular weight is 558 g/mol. The van der Waals surface area contributed by atoms with Crippen LogP contribution in [0.15, 0.2) is 72.8 Å². The third-order valence-corrected chi connectivity index (χ3v) is 7.61. The molecule has 11 heteroatoms. The smallest absolute Gasteiger partial charge is 0.313 e. The van der Waals surface area contributed by atoms with E-state index in [-0.39, 0.29) is 31.0 Å². The van der Waals surface area contributed by atoms with Crippen LogP contribution in [0.25, 0.3) is 4.85 Å². The quantitative estimate of drug-likeness (QED) is 0.371. The van der Waals surface area contributed by atoms with E-state index in [4.69, 9.17) is 6.57 Å². The molecule has 0 unspecified atom stereocenters. The second kappa shape index (κ2) is 10.8. The fourth-order valence-electron chi connectivity index (χ4n) is 5.43. The number of fused-ring (bicyclic) bond motifs is 2. The molecule has 9 nitrogen and oxygen atoms in total. The van der Waals surface area contributed by atoms with E-state index >= 15 is 0 Å². The van der Waals surface area contributed by atoms with Crippen LogP contribution in [0.4, 0.5) is 20.2 Å². The van der Waals surface area contributed by atoms with Crippen LogP contribution < -0.4 is 10.6 Å². The van der Waals surface area contributed by atoms with E-state index < -0.39 is 47.0 Å². The number of hydrogen-bond donors (Lipinski definition) is 2. The zero-order chi connectivity index (χ0) is 29.3. The Bertz CT molecular complexity index is 1590. The average Bonchev–Trinajstić information content (AvgIpc) is 3.50. The summed E-state index contributed by atoms with van der Waals surface area (Å²) >= 11 is 0. The van der Waals surface area contributed by atoms with Crippen LogP contribution >= 0.6 is 0 Å². The van der Waals surface area contributed by atoms with Gasteiger partial charge in [-0.05, 0) is 29.3 Å². The van der Waals surface area contributed by atoms with Crippen LogP contribution in [0.3, 0.4) is 0 Å². The molecular formula is C30H25F2N5O4. The first-order chi connectivity index (χ1) is 19.6. The van der Waals surface area contributed by atoms with E-state index in [2.05, 4.69) is 15.5 Å². The number of halogens is 2. The van der Waals surface area contributed by atoms with Crippen molar-refractivity contribution in [2.24, 2.45) is 0 Å². The van der Waals surface area contributed by atoms with Crippen LogP contribution in [0.2, 0.25) is 0 Å². The molecule has 1 spiro atoms. The lowest BCUT2D eigenvalue weighted by molar-refractivity contribution is -0.149. The number of rotatable bonds is 5. The largest absolute Gasteiger partial charge is 0.325 e. The maximum absolute atomic E-state index is 14.1. The molecule has 3 aromatic rings. The fraction of sp³-hybridized carbons (Fsp3) is 0.233. The van der Waals surface area contributed by atoms with Gasteiger partial charge in [-0.1, -0.05) is 48.5 Å². The van der Waals surface area contributed by atoms with Gasteiger partial charge in [0.2, 0.25) is 5.91 Å². The van der Waals surface area contributed by atoms with Crippen molar-refractivity contribution in [3.8, 4) is 0 Å². The number of nitrogens with one attached hydrogen (secondary N) is 2. The molecule has 3 atom stereocenters. The highest BCUT2D eigenvalue weighted by molar-refractivity contribution is 6.39. The first-order valence-electron chi connectivity index (χ1n) is 12.8. The van der Waals surface area contributed by atoms with Gasteiger partial charge in [-0.2, -0.15) is 0 Å². The fourth-order valence-corrected chi connectivity index (χ4v) is 5.43. The second-order valence-electron chi connectivity index (χ2n) is 10.1. The van der Waals surface area contributed by atoms with Crippen molar-refractivity contribution in [1.29, 1.82) is 0 Å². The van der Waals surface area contributed by atoms with Crippen LogP contribution in [-0.4, -0.2) is 59.2 Å². The molecule has 208 valence electrons. The van der Waals surface area contributed by atoms with Gasteiger partial charge in [-0.15, -0.1) is 0 Å². The number of likely N-dealkylation sites (tertiary alicyclic amines) is 1. The van der Waals surface area contributed by atoms with Crippen molar-refractivity contribution >= 4 is 35.0 Å². The van der Waals surface area contributed by atoms with Crippen molar-refractivity contribution in [3.05, 3.63) is 107 Å². The molecule has 41 heavy (non-hydrogen) atoms. The number of carbonyl (C=O) groups excluding carboxylic acids is 4. The Hall–Kier alpha value is -5.11. The number of carbonyl (C=O) groups is 4. The summed E-state index contributed by atoms with van der Waals surface area (Å²) in [6.45, 7) is 7.72. The normalized spacial score (nSPS) is 19.7. The Kier molecular flexibility index (Phi) is 7.24. The molecular weight excluding hydrogens is 532 g/mol. The SMILES string of the molecule is [C-]#[N+][C@@H]1C[C@@]2(CN1C(=O)[C@H](Cc1ccccc1)N(C)C(=O)C(=O)Nc1ccc(F)c(F)c1)C(=O)Nc1ccccc12. The summed E-state index contributed by atoms with van der Waals surface area (Å²) in [7, 11) is 1.29. The van der Waals surface area contributed by atoms with Gasteiger partial charge in [0.25, 0.3) is 5.91 Å². The molecule has 0 saturated carbocycles. The van der Waals surface area contributed by atoms with Gasteiger partial charge in [0.05, 0.1) is 6.42 Å². The number of anilines is 2. The lowest BCUT2D eigenvalue weighted by atomic mass is 9.80. The third-order valence-electron chi connectivity index (χ3n) is 7.61. The van der Waals surface area contributed by atoms with Crippen LogP contribution in [0, 0.1) is 18.2 Å². The van der Waals surface area contributed by atoms with Gasteiger partial charge in [0.15, 0.2) is 11.6 Å². The summed E-state index contributed by atoms with van der Waals surface area (Å²) in [5, 5.41) is 5.07. The summed E-state index contributed by atoms with van der Waals surface area (Å²) in [5.74, 6) is -5.48. The monoisotopic (exact) mass is 557 g/mol. The first-order valence-corrected chi connectivity index (χ1v) is 12.8. The summed E-state index contributed by atoms with van der Waals surface area (Å²) in [4.78, 5) is 59.2. The molecule has 2 N–H and O–H groups in total. The van der Waals surface area contributed by atoms with Crippen LogP contribution in [0.1, 0.15) is 17.5 Å². The number of nitrogens with zero attached hydrogens (tertiary/aromatic N) is 3. The number of benzene rings is 3. The number of hydrogen-bond acceptors (Lipinski definition) is 4. The highest BCUT2D eigenvalue weighted by Gasteiger charge is 2.59. The van der Waals surface area contributed by atoms with Gasteiger partial charge in [-0.25, -0.2) is 15.4 Å². The Balaban J connectivity index is 1.43. The van der Waals surface area contributed by atoms with Gasteiger partial charge in [-0.3, -0.25) is 28.9 Å². The predicted molar refractivity (Wildman–Crippen MR) is 145 cm³/mol. The lowest BCUT2D eigenvalue weighted by Crippen LogP contribution is -2.54. The Morgan fingerprint density at radius 1 is 1.10 bits per heavy atom. The van der Waals surface area contributed by atoms with E-state index in [0.717, 1.165) is 23.1 Å². The Labute approximate surface area is 234 Å². The molecule has 2 heterocycles. The molecule has 4 amide bonds. The number of para-hydroxylation sites is 1. The number of amides is 4. The summed E-state index contributed by atoms with van der Waals surface area (Å²) < 4.78 is 26.9. The minimum Gasteiger partial charge on any atom is -0.325 e. The van der Waals surface area contributed by atoms with Crippen molar-refractivity contribution < 1.29 is 28.0 Å². The van der Waals surface area contributed by atoms with Crippen molar-refractivity contribution in [1.82, 2.24) is 9.80 Å². The second-order valence-corrected chi connectivity index (χ2v) is 10.1. The van der Waals surface area contributed by atoms with Crippen molar-refractivity contribution in [2.75, 3.05) is 24.2 Å². The van der Waals surface area contributed by atoms with Crippen LogP contribution in [-0.2, 0) is 31.0 Å². The predicted octanol–water partition coefficient (Wildman–Crippen LogP) is 3.34. The Morgan fingerprint density at radius 3 is 2.51 bits per heavy atom. The zero-order valence-electron chi connectivity index (χ0n) is 21.9. The molecule has 5 rings (SSSR count). The van der Waals surface area contributed by atoms with E-state index in [1.807, 2.05) is 0 Å². The number of likely N-dealkylation sites (N-methyl/N-ethyl adjacent to an activating group) is 1. The molecule has 1 saturated heterocycles. The van der Waals surface area contributed by atoms with Crippen molar-refractivity contribution in [2.45, 2.75) is 30.5 Å². The molecule has 2 aliphatic rings. The molecule has 1 fully saturated rings. The van der Waals surface area contributed by atoms with Crippen LogP contribution in [0.5, 0.6) is 0 Å². The van der Waals surface area contributed by atoms with Gasteiger partial charge < -0.3 is 15.5 Å². The Morgan fingerprint density at radius 2 is 1.80 bits per heavy atom. The van der Waals surface area contributed by atoms with Crippen molar-refractivity contribution in [3.63, 3.8) is 0 Å². The van der Waals surface area contributed by atoms with E-state index in [1.165, 1.54) is 11.9 Å². The van der Waals surface area contributed by atoms with Gasteiger partial charge >= 0.3 is 18.0 Å². The topological polar surface area (TPSA) is 103 Å². The van der Waals surface area contributed by atoms with Gasteiger partial charge in [0.1, 0.15) is 11.5 Å². The van der Waals surface area contributed by atoms with E-state index in [0.29, 0.717) is 16.8 Å². The minimum absolute atomic E-state index is 0.0252. The third kappa shape index (κ3) is 5.00. The molecule has 0 aromatic heterocycles. The van der Waals surface area contributed by atoms with E-state index in [1.54, 1.807) is 54.6 Å². The van der Waals surface area contributed by atoms with Gasteiger partial charge in [0, 0.05) is 37.5 Å². The minimum atomic E-state index is -1.21. The maximum Gasteiger partial charge on any atom is 0.313 e. The highest BCUT2D eigenvalue weighted by atomic mass is 19.2. The highest BCUT2D eigenvalue weighted by Crippen LogP contribution is 2.46. The molecule has 0 bridgehead atoms.